The summed E-state index contributed by atoms with van der Waals surface area (Å²) in [6.07, 6.45) is 0. The molecule has 0 aliphatic carbocycles. The molecule has 3 nitrogen and oxygen atoms in total. The van der Waals surface area contributed by atoms with Gasteiger partial charge < -0.3 is 10.6 Å². The molecular formula is C13H18F2N2O. The Kier molecular flexibility index (Phi) is 5.22. The Morgan fingerprint density at radius 3 is 2.44 bits per heavy atom. The summed E-state index contributed by atoms with van der Waals surface area (Å²) >= 11 is 0. The van der Waals surface area contributed by atoms with Crippen molar-refractivity contribution in [3.63, 3.8) is 0 Å². The standard InChI is InChI=1S/C13H18F2N2O/c1-8(2)13(17-12(18)7-16-3)9-4-5-10(14)11(15)6-9/h4-6,8,13,16H,7H2,1-3H3,(H,17,18)/t13-/m1/s1. The molecule has 0 radical (unpaired) electrons. The predicted octanol–water partition coefficient (Wildman–Crippen LogP) is 2.00. The van der Waals surface area contributed by atoms with Crippen molar-refractivity contribution >= 4 is 5.91 Å². The molecule has 1 rings (SSSR count). The second-order valence-corrected chi connectivity index (χ2v) is 4.49. The minimum atomic E-state index is -0.902. The highest BCUT2D eigenvalue weighted by Crippen LogP contribution is 2.23. The molecule has 0 fully saturated rings. The predicted molar refractivity (Wildman–Crippen MR) is 66.0 cm³/mol. The monoisotopic (exact) mass is 256 g/mol. The fourth-order valence-electron chi connectivity index (χ4n) is 1.73. The van der Waals surface area contributed by atoms with Gasteiger partial charge in [-0.2, -0.15) is 0 Å². The largest absolute Gasteiger partial charge is 0.348 e. The smallest absolute Gasteiger partial charge is 0.234 e. The van der Waals surface area contributed by atoms with E-state index in [-0.39, 0.29) is 24.4 Å². The van der Waals surface area contributed by atoms with Gasteiger partial charge in [0.15, 0.2) is 11.6 Å². The molecule has 0 bridgehead atoms. The van der Waals surface area contributed by atoms with Crippen LogP contribution < -0.4 is 10.6 Å². The second-order valence-electron chi connectivity index (χ2n) is 4.49. The van der Waals surface area contributed by atoms with Crippen LogP contribution in [0.25, 0.3) is 0 Å². The third-order valence-electron chi connectivity index (χ3n) is 2.62. The van der Waals surface area contributed by atoms with Gasteiger partial charge in [0.1, 0.15) is 0 Å². The zero-order valence-corrected chi connectivity index (χ0v) is 10.8. The van der Waals surface area contributed by atoms with Crippen molar-refractivity contribution in [1.29, 1.82) is 0 Å². The van der Waals surface area contributed by atoms with Gasteiger partial charge in [-0.1, -0.05) is 19.9 Å². The van der Waals surface area contributed by atoms with E-state index < -0.39 is 11.6 Å². The number of carbonyl (C=O) groups excluding carboxylic acids is 1. The summed E-state index contributed by atoms with van der Waals surface area (Å²) in [5.41, 5.74) is 0.563. The molecule has 1 aromatic rings. The van der Waals surface area contributed by atoms with Gasteiger partial charge in [0, 0.05) is 0 Å². The van der Waals surface area contributed by atoms with Crippen molar-refractivity contribution in [2.24, 2.45) is 5.92 Å². The van der Waals surface area contributed by atoms with Crippen LogP contribution in [0.5, 0.6) is 0 Å². The first kappa shape index (κ1) is 14.6. The molecule has 0 heterocycles. The van der Waals surface area contributed by atoms with Crippen LogP contribution in [0.4, 0.5) is 8.78 Å². The number of nitrogens with one attached hydrogen (secondary N) is 2. The summed E-state index contributed by atoms with van der Waals surface area (Å²) in [6.45, 7) is 4.00. The van der Waals surface area contributed by atoms with Crippen LogP contribution in [0.15, 0.2) is 18.2 Å². The van der Waals surface area contributed by atoms with E-state index in [9.17, 15) is 13.6 Å². The number of amides is 1. The average molecular weight is 256 g/mol. The Balaban J connectivity index is 2.90. The van der Waals surface area contributed by atoms with E-state index in [1.165, 1.54) is 6.07 Å². The highest BCUT2D eigenvalue weighted by Gasteiger charge is 2.19. The van der Waals surface area contributed by atoms with Crippen LogP contribution >= 0.6 is 0 Å². The normalized spacial score (nSPS) is 12.6. The van der Waals surface area contributed by atoms with Gasteiger partial charge in [-0.3, -0.25) is 4.79 Å². The molecule has 0 spiro atoms. The van der Waals surface area contributed by atoms with Crippen LogP contribution in [-0.4, -0.2) is 19.5 Å². The molecule has 2 N–H and O–H groups in total. The van der Waals surface area contributed by atoms with Crippen LogP contribution in [0, 0.1) is 17.6 Å². The van der Waals surface area contributed by atoms with E-state index >= 15 is 0 Å². The number of halogens is 2. The van der Waals surface area contributed by atoms with E-state index in [1.54, 1.807) is 7.05 Å². The first-order valence-corrected chi connectivity index (χ1v) is 5.84. The molecule has 0 aliphatic rings. The summed E-state index contributed by atoms with van der Waals surface area (Å²) in [6, 6.07) is 3.35. The molecule has 1 atom stereocenters. The summed E-state index contributed by atoms with van der Waals surface area (Å²) < 4.78 is 26.1. The van der Waals surface area contributed by atoms with E-state index in [2.05, 4.69) is 10.6 Å². The maximum Gasteiger partial charge on any atom is 0.234 e. The lowest BCUT2D eigenvalue weighted by Crippen LogP contribution is -2.37. The lowest BCUT2D eigenvalue weighted by molar-refractivity contribution is -0.121. The first-order valence-electron chi connectivity index (χ1n) is 5.84. The molecule has 0 saturated heterocycles. The molecule has 0 saturated carbocycles. The summed E-state index contributed by atoms with van der Waals surface area (Å²) in [5, 5.41) is 5.53. The van der Waals surface area contributed by atoms with Crippen molar-refractivity contribution < 1.29 is 13.6 Å². The topological polar surface area (TPSA) is 41.1 Å². The molecule has 18 heavy (non-hydrogen) atoms. The van der Waals surface area contributed by atoms with Crippen LogP contribution in [-0.2, 0) is 4.79 Å². The van der Waals surface area contributed by atoms with Gasteiger partial charge in [0.05, 0.1) is 12.6 Å². The molecule has 0 aliphatic heterocycles. The number of rotatable bonds is 5. The third-order valence-corrected chi connectivity index (χ3v) is 2.62. The van der Waals surface area contributed by atoms with E-state index in [0.717, 1.165) is 12.1 Å². The number of benzene rings is 1. The minimum Gasteiger partial charge on any atom is -0.348 e. The van der Waals surface area contributed by atoms with Crippen LogP contribution in [0.1, 0.15) is 25.5 Å². The lowest BCUT2D eigenvalue weighted by atomic mass is 9.96. The second kappa shape index (κ2) is 6.44. The molecule has 5 heteroatoms. The SMILES string of the molecule is CNCC(=O)N[C@@H](c1ccc(F)c(F)c1)C(C)C. The van der Waals surface area contributed by atoms with Crippen molar-refractivity contribution in [1.82, 2.24) is 10.6 Å². The maximum atomic E-state index is 13.2. The number of likely N-dealkylation sites (N-methyl/N-ethyl adjacent to an activating group) is 1. The average Bonchev–Trinajstić information content (AvgIpc) is 2.30. The van der Waals surface area contributed by atoms with Crippen molar-refractivity contribution in [3.05, 3.63) is 35.4 Å². The maximum absolute atomic E-state index is 13.2. The van der Waals surface area contributed by atoms with Crippen molar-refractivity contribution in [2.75, 3.05) is 13.6 Å². The molecule has 100 valence electrons. The summed E-state index contributed by atoms with van der Waals surface area (Å²) in [5.74, 6) is -1.89. The molecule has 1 amide bonds. The zero-order valence-electron chi connectivity index (χ0n) is 10.8. The van der Waals surface area contributed by atoms with Crippen LogP contribution in [0.3, 0.4) is 0 Å². The highest BCUT2D eigenvalue weighted by molar-refractivity contribution is 5.78. The number of carbonyl (C=O) groups is 1. The van der Waals surface area contributed by atoms with Crippen molar-refractivity contribution in [2.45, 2.75) is 19.9 Å². The Labute approximate surface area is 106 Å². The minimum absolute atomic E-state index is 0.0793. The van der Waals surface area contributed by atoms with E-state index in [4.69, 9.17) is 0 Å². The Morgan fingerprint density at radius 1 is 1.28 bits per heavy atom. The summed E-state index contributed by atoms with van der Waals surface area (Å²) in [7, 11) is 1.67. The molecule has 1 aromatic carbocycles. The Morgan fingerprint density at radius 2 is 1.94 bits per heavy atom. The van der Waals surface area contributed by atoms with Gasteiger partial charge in [0.25, 0.3) is 0 Å². The fourth-order valence-corrected chi connectivity index (χ4v) is 1.73. The molecule has 0 aromatic heterocycles. The van der Waals surface area contributed by atoms with E-state index in [1.807, 2.05) is 13.8 Å². The first-order chi connectivity index (χ1) is 8.45. The van der Waals surface area contributed by atoms with Gasteiger partial charge in [-0.25, -0.2) is 8.78 Å². The Hall–Kier alpha value is -1.49. The van der Waals surface area contributed by atoms with Gasteiger partial charge in [-0.15, -0.1) is 0 Å². The highest BCUT2D eigenvalue weighted by atomic mass is 19.2. The van der Waals surface area contributed by atoms with Crippen LogP contribution in [0.2, 0.25) is 0 Å². The third kappa shape index (κ3) is 3.77. The van der Waals surface area contributed by atoms with Crippen molar-refractivity contribution in [3.8, 4) is 0 Å². The number of hydrogen-bond acceptors (Lipinski definition) is 2. The van der Waals surface area contributed by atoms with Gasteiger partial charge in [-0.05, 0) is 30.7 Å². The molecular weight excluding hydrogens is 238 g/mol. The summed E-state index contributed by atoms with van der Waals surface area (Å²) in [4.78, 5) is 11.5. The quantitative estimate of drug-likeness (QED) is 0.846. The number of hydrogen-bond donors (Lipinski definition) is 2. The lowest BCUT2D eigenvalue weighted by Gasteiger charge is -2.23. The van der Waals surface area contributed by atoms with Gasteiger partial charge >= 0.3 is 0 Å². The fraction of sp³-hybridized carbons (Fsp3) is 0.462. The van der Waals surface area contributed by atoms with E-state index in [0.29, 0.717) is 5.56 Å². The Bertz CT molecular complexity index is 421. The zero-order chi connectivity index (χ0) is 13.7. The molecule has 0 unspecified atom stereocenters. The van der Waals surface area contributed by atoms with Gasteiger partial charge in [0.2, 0.25) is 5.91 Å².